The van der Waals surface area contributed by atoms with Crippen LogP contribution >= 0.6 is 0 Å². The Balaban J connectivity index is 4.02. The molecule has 2 unspecified atom stereocenters. The van der Waals surface area contributed by atoms with Gasteiger partial charge < -0.3 is 10.2 Å². The Morgan fingerprint density at radius 1 is 1.17 bits per heavy atom. The van der Waals surface area contributed by atoms with Gasteiger partial charge in [0.1, 0.15) is 12.2 Å². The summed E-state index contributed by atoms with van der Waals surface area (Å²) in [5.74, 6) is 5.41. The van der Waals surface area contributed by atoms with Crippen LogP contribution in [0.4, 0.5) is 13.2 Å². The first-order valence-corrected chi connectivity index (χ1v) is 5.96. The molecule has 0 aliphatic rings. The fourth-order valence-corrected chi connectivity index (χ4v) is 1.46. The van der Waals surface area contributed by atoms with Crippen LogP contribution in [-0.4, -0.2) is 28.6 Å². The number of hydrogen-bond donors (Lipinski definition) is 2. The highest BCUT2D eigenvalue weighted by Crippen LogP contribution is 2.30. The van der Waals surface area contributed by atoms with Crippen LogP contribution in [-0.2, 0) is 0 Å². The molecule has 0 aromatic heterocycles. The highest BCUT2D eigenvalue weighted by Gasteiger charge is 2.37. The third-order valence-corrected chi connectivity index (χ3v) is 2.59. The summed E-state index contributed by atoms with van der Waals surface area (Å²) in [4.78, 5) is 0. The Hall–Kier alpha value is -0.730. The predicted octanol–water partition coefficient (Wildman–Crippen LogP) is 2.88. The van der Waals surface area contributed by atoms with E-state index in [2.05, 4.69) is 11.8 Å². The molecule has 0 aromatic rings. The molecule has 0 fully saturated rings. The van der Waals surface area contributed by atoms with Crippen molar-refractivity contribution < 1.29 is 23.4 Å². The van der Waals surface area contributed by atoms with Gasteiger partial charge >= 0.3 is 6.18 Å². The van der Waals surface area contributed by atoms with E-state index in [0.29, 0.717) is 19.3 Å². The molecule has 0 saturated heterocycles. The molecule has 2 atom stereocenters. The van der Waals surface area contributed by atoms with E-state index in [1.165, 1.54) is 0 Å². The maximum absolute atomic E-state index is 12.1. The molecule has 5 heteroatoms. The van der Waals surface area contributed by atoms with Gasteiger partial charge in [-0.05, 0) is 31.6 Å². The minimum Gasteiger partial charge on any atom is -0.384 e. The summed E-state index contributed by atoms with van der Waals surface area (Å²) in [7, 11) is 0. The van der Waals surface area contributed by atoms with Crippen LogP contribution < -0.4 is 0 Å². The largest absolute Gasteiger partial charge is 0.414 e. The molecular weight excluding hydrogens is 245 g/mol. The molecule has 0 aliphatic heterocycles. The predicted molar refractivity (Wildman–Crippen MR) is 63.8 cm³/mol. The summed E-state index contributed by atoms with van der Waals surface area (Å²) >= 11 is 0. The fourth-order valence-electron chi connectivity index (χ4n) is 1.46. The third-order valence-electron chi connectivity index (χ3n) is 2.59. The van der Waals surface area contributed by atoms with Gasteiger partial charge in [0.25, 0.3) is 0 Å². The van der Waals surface area contributed by atoms with Crippen molar-refractivity contribution in [1.29, 1.82) is 0 Å². The Bertz CT molecular complexity index is 298. The average molecular weight is 266 g/mol. The first kappa shape index (κ1) is 17.3. The lowest BCUT2D eigenvalue weighted by Crippen LogP contribution is -2.28. The second kappa shape index (κ2) is 7.01. The van der Waals surface area contributed by atoms with Crippen molar-refractivity contribution in [2.45, 2.75) is 64.8 Å². The van der Waals surface area contributed by atoms with E-state index in [9.17, 15) is 13.2 Å². The molecule has 2 N–H and O–H groups in total. The topological polar surface area (TPSA) is 40.5 Å². The Morgan fingerprint density at radius 2 is 1.72 bits per heavy atom. The number of aliphatic hydroxyl groups is 2. The van der Waals surface area contributed by atoms with Crippen LogP contribution in [0.25, 0.3) is 0 Å². The second-order valence-electron chi connectivity index (χ2n) is 5.29. The van der Waals surface area contributed by atoms with Crippen molar-refractivity contribution in [3.63, 3.8) is 0 Å². The van der Waals surface area contributed by atoms with Crippen molar-refractivity contribution in [2.75, 3.05) is 0 Å². The minimum atomic E-state index is -4.53. The van der Waals surface area contributed by atoms with Gasteiger partial charge in [-0.2, -0.15) is 13.2 Å². The van der Waals surface area contributed by atoms with E-state index in [1.54, 1.807) is 6.92 Å². The van der Waals surface area contributed by atoms with E-state index < -0.39 is 18.4 Å². The Morgan fingerprint density at radius 3 is 2.17 bits per heavy atom. The van der Waals surface area contributed by atoms with Crippen molar-refractivity contribution in [2.24, 2.45) is 5.41 Å². The van der Waals surface area contributed by atoms with Crippen molar-refractivity contribution in [3.05, 3.63) is 0 Å². The van der Waals surface area contributed by atoms with E-state index in [0.717, 1.165) is 0 Å². The van der Waals surface area contributed by atoms with Crippen LogP contribution in [0.1, 0.15) is 46.5 Å². The second-order valence-corrected chi connectivity index (χ2v) is 5.29. The van der Waals surface area contributed by atoms with Gasteiger partial charge in [0.15, 0.2) is 0 Å². The number of alkyl halides is 3. The zero-order chi connectivity index (χ0) is 14.4. The van der Waals surface area contributed by atoms with E-state index in [4.69, 9.17) is 10.2 Å². The molecule has 0 amide bonds. The molecule has 0 rings (SSSR count). The number of halogens is 3. The Kier molecular flexibility index (Phi) is 6.72. The van der Waals surface area contributed by atoms with Gasteiger partial charge in [-0.15, -0.1) is 5.92 Å². The molecule has 18 heavy (non-hydrogen) atoms. The molecule has 0 radical (unpaired) electrons. The van der Waals surface area contributed by atoms with Crippen LogP contribution in [0.2, 0.25) is 0 Å². The monoisotopic (exact) mass is 266 g/mol. The van der Waals surface area contributed by atoms with Gasteiger partial charge in [-0.1, -0.05) is 19.8 Å². The molecule has 0 aliphatic carbocycles. The van der Waals surface area contributed by atoms with Crippen LogP contribution in [0.15, 0.2) is 0 Å². The molecule has 2 nitrogen and oxygen atoms in total. The van der Waals surface area contributed by atoms with Crippen molar-refractivity contribution in [1.82, 2.24) is 0 Å². The number of aliphatic hydroxyl groups excluding tert-OH is 2. The standard InChI is InChI=1S/C13H21F3O2/c1-10(17)6-4-8-12(2,3)9-5-7-11(18)13(14,15)16/h10-11,17-18H,5,7-9H2,1-3H3. The summed E-state index contributed by atoms with van der Waals surface area (Å²) in [6.45, 7) is 5.37. The van der Waals surface area contributed by atoms with Gasteiger partial charge in [0, 0.05) is 6.42 Å². The quantitative estimate of drug-likeness (QED) is 0.751. The van der Waals surface area contributed by atoms with Gasteiger partial charge in [0.2, 0.25) is 0 Å². The first-order chi connectivity index (χ1) is 8.04. The van der Waals surface area contributed by atoms with Crippen LogP contribution in [0.3, 0.4) is 0 Å². The molecule has 0 bridgehead atoms. The minimum absolute atomic E-state index is 0.215. The molecule has 0 spiro atoms. The lowest BCUT2D eigenvalue weighted by molar-refractivity contribution is -0.205. The smallest absolute Gasteiger partial charge is 0.384 e. The van der Waals surface area contributed by atoms with Crippen molar-refractivity contribution in [3.8, 4) is 11.8 Å². The molecule has 106 valence electrons. The highest BCUT2D eigenvalue weighted by atomic mass is 19.4. The Labute approximate surface area is 106 Å². The number of rotatable bonds is 5. The van der Waals surface area contributed by atoms with E-state index in [-0.39, 0.29) is 11.8 Å². The van der Waals surface area contributed by atoms with Gasteiger partial charge in [-0.25, -0.2) is 0 Å². The highest BCUT2D eigenvalue weighted by molar-refractivity contribution is 5.05. The maximum atomic E-state index is 12.1. The summed E-state index contributed by atoms with van der Waals surface area (Å²) in [6.07, 6.45) is -6.38. The first-order valence-electron chi connectivity index (χ1n) is 5.96. The van der Waals surface area contributed by atoms with Gasteiger partial charge in [-0.3, -0.25) is 0 Å². The molecule has 0 saturated carbocycles. The zero-order valence-electron chi connectivity index (χ0n) is 11.0. The maximum Gasteiger partial charge on any atom is 0.414 e. The van der Waals surface area contributed by atoms with Crippen LogP contribution in [0, 0.1) is 17.3 Å². The molecular formula is C13H21F3O2. The summed E-state index contributed by atoms with van der Waals surface area (Å²) in [5, 5.41) is 17.8. The average Bonchev–Trinajstić information content (AvgIpc) is 2.14. The van der Waals surface area contributed by atoms with Gasteiger partial charge in [0.05, 0.1) is 0 Å². The van der Waals surface area contributed by atoms with E-state index in [1.807, 2.05) is 13.8 Å². The lowest BCUT2D eigenvalue weighted by atomic mass is 9.83. The van der Waals surface area contributed by atoms with E-state index >= 15 is 0 Å². The summed E-state index contributed by atoms with van der Waals surface area (Å²) in [5.41, 5.74) is -0.215. The fraction of sp³-hybridized carbons (Fsp3) is 0.846. The molecule has 0 aromatic carbocycles. The summed E-state index contributed by atoms with van der Waals surface area (Å²) < 4.78 is 36.2. The van der Waals surface area contributed by atoms with Crippen LogP contribution in [0.5, 0.6) is 0 Å². The molecule has 0 heterocycles. The zero-order valence-corrected chi connectivity index (χ0v) is 11.0. The number of hydrogen-bond acceptors (Lipinski definition) is 2. The van der Waals surface area contributed by atoms with Crippen molar-refractivity contribution >= 4 is 0 Å². The lowest BCUT2D eigenvalue weighted by Gasteiger charge is -2.23. The summed E-state index contributed by atoms with van der Waals surface area (Å²) in [6, 6.07) is 0. The normalized spacial score (nSPS) is 15.8. The third kappa shape index (κ3) is 8.37. The SMILES string of the molecule is CC(O)C#CCC(C)(C)CCCC(O)C(F)(F)F.